The Balaban J connectivity index is 1.90. The Hall–Kier alpha value is 0.0400. The summed E-state index contributed by atoms with van der Waals surface area (Å²) in [4.78, 5) is 2.44. The second-order valence-corrected chi connectivity index (χ2v) is 7.37. The molecule has 2 unspecified atom stereocenters. The molecule has 1 aromatic rings. The van der Waals surface area contributed by atoms with Crippen molar-refractivity contribution in [3.63, 3.8) is 0 Å². The number of rotatable bonds is 3. The molecule has 2 nitrogen and oxygen atoms in total. The van der Waals surface area contributed by atoms with Crippen LogP contribution < -0.4 is 10.2 Å². The normalized spacial score (nSPS) is 26.9. The smallest absolute Gasteiger partial charge is 0.0837 e. The standard InChI is InChI=1S/C15H19BrCl2N2/c1-2-10-7-19-12(9-3-4-9)8-20(10)13-6-5-11(16)14(17)15(13)18/h5-6,9-10,12,19H,2-4,7-8H2,1H3. The molecule has 0 bridgehead atoms. The Morgan fingerprint density at radius 3 is 2.70 bits per heavy atom. The molecule has 2 fully saturated rings. The van der Waals surface area contributed by atoms with E-state index in [9.17, 15) is 0 Å². The van der Waals surface area contributed by atoms with Crippen molar-refractivity contribution >= 4 is 44.8 Å². The lowest BCUT2D eigenvalue weighted by Crippen LogP contribution is -2.57. The number of hydrogen-bond acceptors (Lipinski definition) is 2. The average molecular weight is 378 g/mol. The molecular weight excluding hydrogens is 359 g/mol. The van der Waals surface area contributed by atoms with Gasteiger partial charge in [-0.3, -0.25) is 0 Å². The summed E-state index contributed by atoms with van der Waals surface area (Å²) in [6, 6.07) is 5.15. The van der Waals surface area contributed by atoms with E-state index < -0.39 is 0 Å². The van der Waals surface area contributed by atoms with Crippen LogP contribution in [0.1, 0.15) is 26.2 Å². The van der Waals surface area contributed by atoms with E-state index in [1.165, 1.54) is 12.8 Å². The third kappa shape index (κ3) is 2.83. The minimum Gasteiger partial charge on any atom is -0.364 e. The summed E-state index contributed by atoms with van der Waals surface area (Å²) in [6.07, 6.45) is 3.82. The lowest BCUT2D eigenvalue weighted by atomic mass is 10.0. The zero-order valence-corrected chi connectivity index (χ0v) is 14.6. The fourth-order valence-corrected chi connectivity index (χ4v) is 3.91. The minimum absolute atomic E-state index is 0.486. The van der Waals surface area contributed by atoms with Gasteiger partial charge in [0.25, 0.3) is 0 Å². The quantitative estimate of drug-likeness (QED) is 0.766. The van der Waals surface area contributed by atoms with Gasteiger partial charge >= 0.3 is 0 Å². The highest BCUT2D eigenvalue weighted by atomic mass is 79.9. The molecule has 1 aliphatic carbocycles. The summed E-state index contributed by atoms with van der Waals surface area (Å²) in [5.74, 6) is 0.847. The Morgan fingerprint density at radius 2 is 2.05 bits per heavy atom. The molecule has 2 atom stereocenters. The maximum atomic E-state index is 6.47. The largest absolute Gasteiger partial charge is 0.364 e. The fraction of sp³-hybridized carbons (Fsp3) is 0.600. The van der Waals surface area contributed by atoms with Crippen molar-refractivity contribution in [3.8, 4) is 0 Å². The highest BCUT2D eigenvalue weighted by Gasteiger charge is 2.37. The summed E-state index contributed by atoms with van der Waals surface area (Å²) in [5.41, 5.74) is 1.07. The SMILES string of the molecule is CCC1CNC(C2CC2)CN1c1ccc(Br)c(Cl)c1Cl. The highest BCUT2D eigenvalue weighted by Crippen LogP contribution is 2.41. The maximum absolute atomic E-state index is 6.47. The Bertz CT molecular complexity index is 505. The predicted octanol–water partition coefficient (Wildman–Crippen LogP) is 4.72. The van der Waals surface area contributed by atoms with Gasteiger partial charge in [-0.05, 0) is 53.2 Å². The zero-order chi connectivity index (χ0) is 14.3. The molecule has 5 heteroatoms. The van der Waals surface area contributed by atoms with E-state index in [4.69, 9.17) is 23.2 Å². The third-order valence-electron chi connectivity index (χ3n) is 4.44. The fourth-order valence-electron chi connectivity index (χ4n) is 3.03. The predicted molar refractivity (Wildman–Crippen MR) is 90.1 cm³/mol. The first kappa shape index (κ1) is 15.0. The van der Waals surface area contributed by atoms with E-state index in [0.29, 0.717) is 22.1 Å². The van der Waals surface area contributed by atoms with Crippen LogP contribution in [0.3, 0.4) is 0 Å². The number of benzene rings is 1. The minimum atomic E-state index is 0.486. The van der Waals surface area contributed by atoms with E-state index in [-0.39, 0.29) is 0 Å². The summed E-state index contributed by atoms with van der Waals surface area (Å²) >= 11 is 16.2. The van der Waals surface area contributed by atoms with Gasteiger partial charge in [-0.1, -0.05) is 30.1 Å². The van der Waals surface area contributed by atoms with Gasteiger partial charge in [-0.25, -0.2) is 0 Å². The Labute approximate surface area is 138 Å². The van der Waals surface area contributed by atoms with Gasteiger partial charge < -0.3 is 10.2 Å². The van der Waals surface area contributed by atoms with Crippen LogP contribution in [0.15, 0.2) is 16.6 Å². The highest BCUT2D eigenvalue weighted by molar-refractivity contribution is 9.10. The topological polar surface area (TPSA) is 15.3 Å². The monoisotopic (exact) mass is 376 g/mol. The first-order chi connectivity index (χ1) is 9.61. The van der Waals surface area contributed by atoms with E-state index in [1.54, 1.807) is 0 Å². The number of hydrogen-bond donors (Lipinski definition) is 1. The summed E-state index contributed by atoms with van der Waals surface area (Å²) in [6.45, 7) is 4.29. The molecule has 1 saturated heterocycles. The molecule has 2 aliphatic rings. The second kappa shape index (κ2) is 6.04. The Kier molecular flexibility index (Phi) is 4.51. The molecule has 0 amide bonds. The molecule has 20 heavy (non-hydrogen) atoms. The molecule has 3 rings (SSSR count). The molecule has 110 valence electrons. The zero-order valence-electron chi connectivity index (χ0n) is 11.5. The Morgan fingerprint density at radius 1 is 1.30 bits per heavy atom. The van der Waals surface area contributed by atoms with Gasteiger partial charge in [0, 0.05) is 29.6 Å². The van der Waals surface area contributed by atoms with Crippen molar-refractivity contribution in [1.29, 1.82) is 0 Å². The van der Waals surface area contributed by atoms with Crippen molar-refractivity contribution in [2.75, 3.05) is 18.0 Å². The van der Waals surface area contributed by atoms with Gasteiger partial charge in [0.15, 0.2) is 0 Å². The van der Waals surface area contributed by atoms with Crippen LogP contribution in [-0.2, 0) is 0 Å². The van der Waals surface area contributed by atoms with Gasteiger partial charge in [-0.2, -0.15) is 0 Å². The lowest BCUT2D eigenvalue weighted by molar-refractivity contribution is 0.360. The molecule has 1 aliphatic heterocycles. The van der Waals surface area contributed by atoms with Crippen molar-refractivity contribution in [1.82, 2.24) is 5.32 Å². The molecule has 1 aromatic carbocycles. The first-order valence-electron chi connectivity index (χ1n) is 7.25. The maximum Gasteiger partial charge on any atom is 0.0837 e. The van der Waals surface area contributed by atoms with E-state index in [1.807, 2.05) is 6.07 Å². The molecular formula is C15H19BrCl2N2. The molecule has 1 heterocycles. The van der Waals surface area contributed by atoms with Crippen LogP contribution in [0.5, 0.6) is 0 Å². The van der Waals surface area contributed by atoms with E-state index in [2.05, 4.69) is 39.1 Å². The van der Waals surface area contributed by atoms with Crippen LogP contribution in [0.25, 0.3) is 0 Å². The van der Waals surface area contributed by atoms with Crippen molar-refractivity contribution in [3.05, 3.63) is 26.7 Å². The average Bonchev–Trinajstić information content (AvgIpc) is 3.29. The number of nitrogens with one attached hydrogen (secondary N) is 1. The van der Waals surface area contributed by atoms with Crippen molar-refractivity contribution in [2.24, 2.45) is 5.92 Å². The first-order valence-corrected chi connectivity index (χ1v) is 8.80. The second-order valence-electron chi connectivity index (χ2n) is 5.76. The van der Waals surface area contributed by atoms with Crippen LogP contribution in [0.4, 0.5) is 5.69 Å². The molecule has 0 aromatic heterocycles. The van der Waals surface area contributed by atoms with Crippen LogP contribution in [-0.4, -0.2) is 25.2 Å². The molecule has 1 saturated carbocycles. The van der Waals surface area contributed by atoms with Gasteiger partial charge in [0.1, 0.15) is 0 Å². The number of anilines is 1. The van der Waals surface area contributed by atoms with Crippen LogP contribution in [0.2, 0.25) is 10.0 Å². The molecule has 1 N–H and O–H groups in total. The summed E-state index contributed by atoms with van der Waals surface area (Å²) in [5, 5.41) is 4.97. The lowest BCUT2D eigenvalue weighted by Gasteiger charge is -2.42. The summed E-state index contributed by atoms with van der Waals surface area (Å²) in [7, 11) is 0. The van der Waals surface area contributed by atoms with E-state index in [0.717, 1.165) is 35.6 Å². The van der Waals surface area contributed by atoms with Gasteiger partial charge in [0.05, 0.1) is 15.7 Å². The third-order valence-corrected chi connectivity index (χ3v) is 6.20. The molecule has 0 radical (unpaired) electrons. The van der Waals surface area contributed by atoms with Gasteiger partial charge in [0.2, 0.25) is 0 Å². The van der Waals surface area contributed by atoms with Crippen LogP contribution >= 0.6 is 39.1 Å². The number of piperazine rings is 1. The summed E-state index contributed by atoms with van der Waals surface area (Å²) < 4.78 is 0.856. The number of nitrogens with zero attached hydrogens (tertiary/aromatic N) is 1. The van der Waals surface area contributed by atoms with Crippen molar-refractivity contribution < 1.29 is 0 Å². The molecule has 0 spiro atoms. The van der Waals surface area contributed by atoms with E-state index >= 15 is 0 Å². The van der Waals surface area contributed by atoms with Crippen LogP contribution in [0, 0.1) is 5.92 Å². The number of halogens is 3. The van der Waals surface area contributed by atoms with Crippen molar-refractivity contribution in [2.45, 2.75) is 38.3 Å². The van der Waals surface area contributed by atoms with Gasteiger partial charge in [-0.15, -0.1) is 0 Å².